The highest BCUT2D eigenvalue weighted by Crippen LogP contribution is 2.62. The van der Waals surface area contributed by atoms with E-state index in [4.69, 9.17) is 0 Å². The second-order valence-corrected chi connectivity index (χ2v) is 8.38. The molecule has 4 unspecified atom stereocenters. The normalized spacial score (nSPS) is 45.8. The van der Waals surface area contributed by atoms with Crippen molar-refractivity contribution >= 4 is 5.91 Å². The number of nitrogens with one attached hydrogen (secondary N) is 2. The first-order valence-electron chi connectivity index (χ1n) is 8.36. The molecule has 3 rings (SSSR count). The van der Waals surface area contributed by atoms with Crippen molar-refractivity contribution in [1.29, 1.82) is 0 Å². The second-order valence-electron chi connectivity index (χ2n) is 8.38. The minimum Gasteiger partial charge on any atom is -0.352 e. The SMILES string of the molecule is CCC1(C(=O)NC2C3(C)CCC(C3)C2(C)C)CCNC1. The summed E-state index contributed by atoms with van der Waals surface area (Å²) in [6, 6.07) is 0.352. The molecule has 3 heteroatoms. The lowest BCUT2D eigenvalue weighted by atomic mass is 9.68. The maximum absolute atomic E-state index is 12.9. The molecular formula is C17H30N2O. The van der Waals surface area contributed by atoms with E-state index in [1.165, 1.54) is 19.3 Å². The van der Waals surface area contributed by atoms with E-state index in [0.29, 0.717) is 17.4 Å². The number of hydrogen-bond donors (Lipinski definition) is 2. The fourth-order valence-corrected chi connectivity index (χ4v) is 5.35. The van der Waals surface area contributed by atoms with E-state index in [9.17, 15) is 4.79 Å². The molecule has 1 heterocycles. The van der Waals surface area contributed by atoms with Gasteiger partial charge in [-0.1, -0.05) is 27.7 Å². The molecular weight excluding hydrogens is 248 g/mol. The van der Waals surface area contributed by atoms with E-state index in [1.807, 2.05) is 0 Å². The summed E-state index contributed by atoms with van der Waals surface area (Å²) >= 11 is 0. The van der Waals surface area contributed by atoms with Gasteiger partial charge in [-0.05, 0) is 55.4 Å². The Labute approximate surface area is 123 Å². The Hall–Kier alpha value is -0.570. The van der Waals surface area contributed by atoms with Gasteiger partial charge in [0, 0.05) is 12.6 Å². The van der Waals surface area contributed by atoms with Crippen molar-refractivity contribution in [2.45, 2.75) is 65.8 Å². The predicted molar refractivity (Wildman–Crippen MR) is 81.4 cm³/mol. The Bertz CT molecular complexity index is 406. The maximum Gasteiger partial charge on any atom is 0.227 e. The molecule has 2 saturated carbocycles. The molecule has 3 aliphatic rings. The van der Waals surface area contributed by atoms with Crippen molar-refractivity contribution in [3.05, 3.63) is 0 Å². The molecule has 1 aliphatic heterocycles. The molecule has 0 spiro atoms. The number of amides is 1. The molecule has 2 bridgehead atoms. The number of hydrogen-bond acceptors (Lipinski definition) is 2. The molecule has 2 N–H and O–H groups in total. The van der Waals surface area contributed by atoms with Crippen LogP contribution in [-0.4, -0.2) is 25.0 Å². The van der Waals surface area contributed by atoms with Crippen LogP contribution >= 0.6 is 0 Å². The van der Waals surface area contributed by atoms with Crippen LogP contribution in [0.2, 0.25) is 0 Å². The van der Waals surface area contributed by atoms with Crippen LogP contribution in [0.3, 0.4) is 0 Å². The fraction of sp³-hybridized carbons (Fsp3) is 0.941. The third-order valence-corrected chi connectivity index (χ3v) is 6.95. The molecule has 114 valence electrons. The lowest BCUT2D eigenvalue weighted by Crippen LogP contribution is -2.56. The number of carbonyl (C=O) groups is 1. The molecule has 1 saturated heterocycles. The smallest absolute Gasteiger partial charge is 0.227 e. The standard InChI is InChI=1S/C17H30N2O/c1-5-17(8-9-18-11-17)14(20)19-13-15(2,3)12-6-7-16(13,4)10-12/h12-13,18H,5-11H2,1-4H3,(H,19,20). The Morgan fingerprint density at radius 3 is 2.55 bits per heavy atom. The van der Waals surface area contributed by atoms with E-state index in [2.05, 4.69) is 38.3 Å². The van der Waals surface area contributed by atoms with Gasteiger partial charge in [-0.25, -0.2) is 0 Å². The average Bonchev–Trinajstić information content (AvgIpc) is 3.06. The van der Waals surface area contributed by atoms with E-state index >= 15 is 0 Å². The largest absolute Gasteiger partial charge is 0.352 e. The first-order chi connectivity index (χ1) is 9.34. The van der Waals surface area contributed by atoms with Crippen LogP contribution < -0.4 is 10.6 Å². The lowest BCUT2D eigenvalue weighted by molar-refractivity contribution is -0.133. The van der Waals surface area contributed by atoms with E-state index in [0.717, 1.165) is 31.8 Å². The molecule has 4 atom stereocenters. The zero-order valence-electron chi connectivity index (χ0n) is 13.5. The van der Waals surface area contributed by atoms with Crippen LogP contribution in [0.4, 0.5) is 0 Å². The van der Waals surface area contributed by atoms with Gasteiger partial charge in [0.25, 0.3) is 0 Å². The van der Waals surface area contributed by atoms with Gasteiger partial charge in [-0.15, -0.1) is 0 Å². The first-order valence-corrected chi connectivity index (χ1v) is 8.36. The van der Waals surface area contributed by atoms with Crippen molar-refractivity contribution in [3.8, 4) is 0 Å². The molecule has 0 aromatic carbocycles. The minimum absolute atomic E-state index is 0.158. The Balaban J connectivity index is 1.79. The van der Waals surface area contributed by atoms with Gasteiger partial charge < -0.3 is 10.6 Å². The van der Waals surface area contributed by atoms with Crippen molar-refractivity contribution in [2.24, 2.45) is 22.2 Å². The summed E-state index contributed by atoms with van der Waals surface area (Å²) in [6.45, 7) is 11.1. The predicted octanol–water partition coefficient (Wildman–Crippen LogP) is 2.71. The lowest BCUT2D eigenvalue weighted by Gasteiger charge is -2.44. The average molecular weight is 278 g/mol. The molecule has 0 aromatic rings. The summed E-state index contributed by atoms with van der Waals surface area (Å²) in [5.41, 5.74) is 0.419. The van der Waals surface area contributed by atoms with Crippen LogP contribution in [0, 0.1) is 22.2 Å². The summed E-state index contributed by atoms with van der Waals surface area (Å²) in [5.74, 6) is 1.09. The van der Waals surface area contributed by atoms with Crippen LogP contribution in [0.15, 0.2) is 0 Å². The highest BCUT2D eigenvalue weighted by atomic mass is 16.2. The van der Waals surface area contributed by atoms with Gasteiger partial charge in [0.1, 0.15) is 0 Å². The minimum atomic E-state index is -0.158. The van der Waals surface area contributed by atoms with Crippen LogP contribution in [0.25, 0.3) is 0 Å². The number of fused-ring (bicyclic) bond motifs is 2. The highest BCUT2D eigenvalue weighted by Gasteiger charge is 2.60. The van der Waals surface area contributed by atoms with Gasteiger partial charge in [0.2, 0.25) is 5.91 Å². The Kier molecular flexibility index (Phi) is 3.20. The third kappa shape index (κ3) is 1.85. The molecule has 3 fully saturated rings. The topological polar surface area (TPSA) is 41.1 Å². The summed E-state index contributed by atoms with van der Waals surface area (Å²) in [7, 11) is 0. The van der Waals surface area contributed by atoms with Gasteiger partial charge in [0.05, 0.1) is 5.41 Å². The highest BCUT2D eigenvalue weighted by molar-refractivity contribution is 5.83. The van der Waals surface area contributed by atoms with E-state index in [-0.39, 0.29) is 10.8 Å². The van der Waals surface area contributed by atoms with Crippen LogP contribution in [-0.2, 0) is 4.79 Å². The van der Waals surface area contributed by atoms with Gasteiger partial charge in [0.15, 0.2) is 0 Å². The molecule has 20 heavy (non-hydrogen) atoms. The second kappa shape index (κ2) is 4.46. The third-order valence-electron chi connectivity index (χ3n) is 6.95. The molecule has 3 nitrogen and oxygen atoms in total. The Morgan fingerprint density at radius 1 is 1.30 bits per heavy atom. The summed E-state index contributed by atoms with van der Waals surface area (Å²) in [5, 5.41) is 6.87. The number of carbonyl (C=O) groups excluding carboxylic acids is 1. The monoisotopic (exact) mass is 278 g/mol. The van der Waals surface area contributed by atoms with Gasteiger partial charge in [-0.2, -0.15) is 0 Å². The molecule has 1 amide bonds. The number of rotatable bonds is 3. The van der Waals surface area contributed by atoms with Crippen LogP contribution in [0.1, 0.15) is 59.8 Å². The van der Waals surface area contributed by atoms with Crippen molar-refractivity contribution in [1.82, 2.24) is 10.6 Å². The van der Waals surface area contributed by atoms with Crippen molar-refractivity contribution in [2.75, 3.05) is 13.1 Å². The molecule has 0 radical (unpaired) electrons. The summed E-state index contributed by atoms with van der Waals surface area (Å²) in [4.78, 5) is 12.9. The van der Waals surface area contributed by atoms with Gasteiger partial charge >= 0.3 is 0 Å². The fourth-order valence-electron chi connectivity index (χ4n) is 5.35. The zero-order chi connectivity index (χ0) is 14.6. The Morgan fingerprint density at radius 2 is 2.05 bits per heavy atom. The van der Waals surface area contributed by atoms with Crippen molar-refractivity contribution < 1.29 is 4.79 Å². The van der Waals surface area contributed by atoms with Crippen LogP contribution in [0.5, 0.6) is 0 Å². The maximum atomic E-state index is 12.9. The van der Waals surface area contributed by atoms with Crippen molar-refractivity contribution in [3.63, 3.8) is 0 Å². The molecule has 2 aliphatic carbocycles. The first kappa shape index (κ1) is 14.4. The van der Waals surface area contributed by atoms with Gasteiger partial charge in [-0.3, -0.25) is 4.79 Å². The van der Waals surface area contributed by atoms with E-state index < -0.39 is 0 Å². The quantitative estimate of drug-likeness (QED) is 0.833. The summed E-state index contributed by atoms with van der Waals surface area (Å²) in [6.07, 6.45) is 5.85. The summed E-state index contributed by atoms with van der Waals surface area (Å²) < 4.78 is 0. The van der Waals surface area contributed by atoms with E-state index in [1.54, 1.807) is 0 Å². The molecule has 0 aromatic heterocycles. The zero-order valence-corrected chi connectivity index (χ0v) is 13.5.